The fourth-order valence-corrected chi connectivity index (χ4v) is 10.9. The van der Waals surface area contributed by atoms with Crippen molar-refractivity contribution in [3.05, 3.63) is 167 Å². The van der Waals surface area contributed by atoms with Crippen molar-refractivity contribution in [2.75, 3.05) is 0 Å². The molecular weight excluding hydrogens is 1210 g/mol. The van der Waals surface area contributed by atoms with Gasteiger partial charge in [0.2, 0.25) is 0 Å². The van der Waals surface area contributed by atoms with Crippen molar-refractivity contribution < 1.29 is 37.2 Å². The van der Waals surface area contributed by atoms with Crippen molar-refractivity contribution in [1.82, 2.24) is 29.9 Å². The van der Waals surface area contributed by atoms with Crippen molar-refractivity contribution >= 4 is 71.0 Å². The van der Waals surface area contributed by atoms with E-state index in [0.717, 1.165) is 53.3 Å². The summed E-state index contributed by atoms with van der Waals surface area (Å²) in [6.45, 7) is 32.6. The van der Waals surface area contributed by atoms with Crippen LogP contribution in [0.4, 0.5) is 0 Å². The number of benzene rings is 6. The first kappa shape index (κ1) is 63.3. The molecule has 12 rings (SSSR count). The first-order valence-corrected chi connectivity index (χ1v) is 30.7. The predicted molar refractivity (Wildman–Crippen MR) is 351 cm³/mol. The molecular formula is C66H74B4Br2N6O8. The van der Waals surface area contributed by atoms with Crippen LogP contribution in [0.3, 0.4) is 0 Å². The van der Waals surface area contributed by atoms with Gasteiger partial charge in [0, 0.05) is 42.3 Å². The molecule has 0 bridgehead atoms. The fraction of sp³-hybridized carbons (Fsp3) is 0.364. The van der Waals surface area contributed by atoms with Gasteiger partial charge in [-0.15, -0.1) is 0 Å². The van der Waals surface area contributed by atoms with E-state index in [1.165, 1.54) is 0 Å². The van der Waals surface area contributed by atoms with E-state index in [0.29, 0.717) is 34.9 Å². The normalized spacial score (nSPS) is 19.8. The van der Waals surface area contributed by atoms with E-state index >= 15 is 0 Å². The predicted octanol–water partition coefficient (Wildman–Crippen LogP) is 14.1. The molecule has 2 aromatic heterocycles. The lowest BCUT2D eigenvalue weighted by Gasteiger charge is -2.32. The van der Waals surface area contributed by atoms with Crippen LogP contribution in [0.5, 0.6) is 0 Å². The molecule has 442 valence electrons. The summed E-state index contributed by atoms with van der Waals surface area (Å²) in [4.78, 5) is 28.9. The molecule has 0 radical (unpaired) electrons. The maximum atomic E-state index is 6.47. The second-order valence-corrected chi connectivity index (χ2v) is 27.9. The Kier molecular flexibility index (Phi) is 17.6. The van der Waals surface area contributed by atoms with E-state index in [2.05, 4.69) is 87.2 Å². The van der Waals surface area contributed by atoms with Crippen molar-refractivity contribution in [3.8, 4) is 68.3 Å². The summed E-state index contributed by atoms with van der Waals surface area (Å²) in [7, 11) is -2.12. The van der Waals surface area contributed by atoms with Gasteiger partial charge in [0.05, 0.1) is 44.8 Å². The first-order valence-electron chi connectivity index (χ1n) is 29.1. The average molecular weight is 1280 g/mol. The van der Waals surface area contributed by atoms with E-state index < -0.39 is 50.7 Å². The highest BCUT2D eigenvalue weighted by Gasteiger charge is 2.64. The quantitative estimate of drug-likeness (QED) is 0.126. The summed E-state index contributed by atoms with van der Waals surface area (Å²) < 4.78 is 51.7. The van der Waals surface area contributed by atoms with Crippen LogP contribution in [-0.2, 0) is 37.2 Å². The Morgan fingerprint density at radius 2 is 0.465 bits per heavy atom. The van der Waals surface area contributed by atoms with Crippen molar-refractivity contribution in [2.24, 2.45) is 0 Å². The molecule has 4 fully saturated rings. The maximum Gasteiger partial charge on any atom is 0.494 e. The summed E-state index contributed by atoms with van der Waals surface area (Å²) in [6.07, 6.45) is 0. The van der Waals surface area contributed by atoms with Gasteiger partial charge in [-0.3, -0.25) is 0 Å². The third kappa shape index (κ3) is 13.5. The van der Waals surface area contributed by atoms with Gasteiger partial charge in [-0.1, -0.05) is 171 Å². The number of rotatable bonds is 9. The first-order chi connectivity index (χ1) is 40.3. The van der Waals surface area contributed by atoms with Crippen LogP contribution < -0.4 is 10.9 Å². The van der Waals surface area contributed by atoms with E-state index in [-0.39, 0.29) is 22.4 Å². The Morgan fingerprint density at radius 1 is 0.256 bits per heavy atom. The molecule has 0 atom stereocenters. The lowest BCUT2D eigenvalue weighted by atomic mass is 9.49. The smallest absolute Gasteiger partial charge is 0.405 e. The van der Waals surface area contributed by atoms with Crippen molar-refractivity contribution in [2.45, 2.75) is 156 Å². The lowest BCUT2D eigenvalue weighted by molar-refractivity contribution is 0.00578. The van der Waals surface area contributed by atoms with Gasteiger partial charge in [0.15, 0.2) is 34.9 Å². The molecule has 8 aromatic rings. The molecule has 4 saturated heterocycles. The fourth-order valence-electron chi connectivity index (χ4n) is 9.59. The monoisotopic (exact) mass is 1280 g/mol. The topological polar surface area (TPSA) is 151 Å². The molecule has 0 amide bonds. The molecule has 0 saturated carbocycles. The molecule has 0 unspecified atom stereocenters. The van der Waals surface area contributed by atoms with Gasteiger partial charge in [-0.2, -0.15) is 0 Å². The third-order valence-corrected chi connectivity index (χ3v) is 18.5. The van der Waals surface area contributed by atoms with Gasteiger partial charge in [-0.25, -0.2) is 29.9 Å². The maximum absolute atomic E-state index is 6.47. The Morgan fingerprint density at radius 3 is 0.709 bits per heavy atom. The molecule has 86 heavy (non-hydrogen) atoms. The molecule has 4 aliphatic rings. The second kappa shape index (κ2) is 24.0. The van der Waals surface area contributed by atoms with Crippen LogP contribution in [0.1, 0.15) is 111 Å². The van der Waals surface area contributed by atoms with E-state index in [1.54, 1.807) is 0 Å². The molecule has 6 heterocycles. The lowest BCUT2D eigenvalue weighted by Crippen LogP contribution is -2.41. The number of aromatic nitrogens is 6. The van der Waals surface area contributed by atoms with Gasteiger partial charge in [0.25, 0.3) is 0 Å². The van der Waals surface area contributed by atoms with Gasteiger partial charge >= 0.3 is 28.3 Å². The molecule has 0 spiro atoms. The number of hydrogen-bond acceptors (Lipinski definition) is 14. The number of nitrogens with zero attached hydrogens (tertiary/aromatic N) is 6. The molecule has 14 nitrogen and oxygen atoms in total. The molecule has 4 aliphatic heterocycles. The zero-order valence-corrected chi connectivity index (χ0v) is 55.2. The zero-order valence-electron chi connectivity index (χ0n) is 52.0. The van der Waals surface area contributed by atoms with Crippen LogP contribution in [0.2, 0.25) is 0 Å². The van der Waals surface area contributed by atoms with Gasteiger partial charge in [0.1, 0.15) is 0 Å². The van der Waals surface area contributed by atoms with E-state index in [4.69, 9.17) is 67.1 Å². The number of hydrogen-bond donors (Lipinski definition) is 0. The Balaban J connectivity index is 0.000000158. The SMILES string of the molecule is Brc1cc(Br)cc(-c2nc(-c3ccccc3)nc(-c3ccccc3)n2)c1.CC1(C)OB(B2OC(C)(C)C(C)(C)O2)OC1(C)C.CC1(C)OB(c2cc(B3OC(C)(C)C(C)(C)O3)cc(-c3nc(-c4ccccc4)nc(-c4ccccc4)n3)c2)OC1(C)C. The summed E-state index contributed by atoms with van der Waals surface area (Å²) in [5.74, 6) is 3.69. The van der Waals surface area contributed by atoms with Crippen LogP contribution in [0, 0.1) is 0 Å². The standard InChI is InChI=1S/C33H37B2N3O4.C21H13Br2N3.C12H24B2O4/c1-30(2)31(3,4)40-34(39-30)25-19-24(20-26(21-25)35-41-32(5,6)33(7,8)42-35)29-37-27(22-15-11-9-12-16-22)36-28(38-29)23-17-13-10-14-18-23;22-17-11-16(12-18(23)13-17)21-25-19(14-7-3-1-4-8-14)24-20(26-21)15-9-5-2-6-10-15;1-9(2)10(3,4)16-13(15-9)14-17-11(5,6)12(7,8)18-14/h9-21H,1-8H3;1-13H;1-8H3. The zero-order chi connectivity index (χ0) is 61.8. The Bertz CT molecular complexity index is 3430. The molecule has 0 N–H and O–H groups in total. The molecule has 20 heteroatoms. The number of halogens is 2. The average Bonchev–Trinajstić information content (AvgIpc) is 1.76. The highest BCUT2D eigenvalue weighted by atomic mass is 79.9. The van der Waals surface area contributed by atoms with Crippen LogP contribution in [0.25, 0.3) is 68.3 Å². The van der Waals surface area contributed by atoms with E-state index in [9.17, 15) is 0 Å². The van der Waals surface area contributed by atoms with Crippen LogP contribution in [-0.4, -0.2) is 103 Å². The molecule has 0 aliphatic carbocycles. The summed E-state index contributed by atoms with van der Waals surface area (Å²) in [5, 5.41) is 0. The summed E-state index contributed by atoms with van der Waals surface area (Å²) >= 11 is 7.07. The van der Waals surface area contributed by atoms with E-state index in [1.807, 2.05) is 213 Å². The van der Waals surface area contributed by atoms with Crippen molar-refractivity contribution in [1.29, 1.82) is 0 Å². The van der Waals surface area contributed by atoms with Crippen LogP contribution >= 0.6 is 31.9 Å². The second-order valence-electron chi connectivity index (χ2n) is 26.0. The minimum Gasteiger partial charge on any atom is -0.405 e. The highest BCUT2D eigenvalue weighted by molar-refractivity contribution is 9.11. The Hall–Kier alpha value is -5.76. The van der Waals surface area contributed by atoms with Gasteiger partial charge in [-0.05, 0) is 140 Å². The third-order valence-electron chi connectivity index (χ3n) is 17.6. The largest absolute Gasteiger partial charge is 0.494 e. The summed E-state index contributed by atoms with van der Waals surface area (Å²) in [6, 6.07) is 51.9. The highest BCUT2D eigenvalue weighted by Crippen LogP contribution is 2.44. The van der Waals surface area contributed by atoms with Crippen molar-refractivity contribution in [3.63, 3.8) is 0 Å². The Labute approximate surface area is 525 Å². The van der Waals surface area contributed by atoms with Crippen LogP contribution in [0.15, 0.2) is 167 Å². The summed E-state index contributed by atoms with van der Waals surface area (Å²) in [5.41, 5.74) is 3.73. The molecule has 6 aromatic carbocycles. The van der Waals surface area contributed by atoms with Gasteiger partial charge < -0.3 is 37.2 Å². The minimum absolute atomic E-state index is 0.360. The minimum atomic E-state index is -0.583.